The van der Waals surface area contributed by atoms with Gasteiger partial charge in [-0.15, -0.1) is 0 Å². The van der Waals surface area contributed by atoms with E-state index in [-0.39, 0.29) is 4.90 Å². The summed E-state index contributed by atoms with van der Waals surface area (Å²) < 4.78 is 31.6. The van der Waals surface area contributed by atoms with Crippen LogP contribution in [-0.2, 0) is 10.0 Å². The highest BCUT2D eigenvalue weighted by atomic mass is 32.2. The lowest BCUT2D eigenvalue weighted by Crippen LogP contribution is -2.12. The minimum Gasteiger partial charge on any atom is -0.495 e. The van der Waals surface area contributed by atoms with Gasteiger partial charge in [-0.3, -0.25) is 4.72 Å². The van der Waals surface area contributed by atoms with E-state index in [0.717, 1.165) is 0 Å². The first-order chi connectivity index (χ1) is 8.53. The molecule has 1 heterocycles. The summed E-state index contributed by atoms with van der Waals surface area (Å²) in [7, 11) is -2.17. The van der Waals surface area contributed by atoms with E-state index in [1.54, 1.807) is 16.8 Å². The summed E-state index contributed by atoms with van der Waals surface area (Å²) in [5.41, 5.74) is 6.57. The molecule has 0 aliphatic rings. The number of nitrogens with one attached hydrogen (secondary N) is 1. The second kappa shape index (κ2) is 4.87. The van der Waals surface area contributed by atoms with Crippen LogP contribution in [0.15, 0.2) is 39.9 Å². The van der Waals surface area contributed by atoms with Crippen LogP contribution in [0.3, 0.4) is 0 Å². The van der Waals surface area contributed by atoms with Crippen molar-refractivity contribution in [3.8, 4) is 5.75 Å². The maximum atomic E-state index is 12.1. The summed E-state index contributed by atoms with van der Waals surface area (Å²) in [5.74, 6) is 0.336. The number of hydrogen-bond donors (Lipinski definition) is 2. The first-order valence-electron chi connectivity index (χ1n) is 5.01. The molecular weight excluding hydrogens is 272 g/mol. The van der Waals surface area contributed by atoms with E-state index in [0.29, 0.717) is 17.1 Å². The fourth-order valence-electron chi connectivity index (χ4n) is 1.40. The van der Waals surface area contributed by atoms with Crippen LogP contribution in [0.4, 0.5) is 11.4 Å². The number of sulfonamides is 1. The second-order valence-electron chi connectivity index (χ2n) is 3.52. The molecule has 0 atom stereocenters. The number of methoxy groups -OCH3 is 1. The van der Waals surface area contributed by atoms with Gasteiger partial charge >= 0.3 is 0 Å². The number of hydrogen-bond acceptors (Lipinski definition) is 5. The minimum atomic E-state index is -3.61. The van der Waals surface area contributed by atoms with Crippen LogP contribution in [0.1, 0.15) is 0 Å². The molecule has 2 rings (SSSR count). The van der Waals surface area contributed by atoms with Gasteiger partial charge in [0.15, 0.2) is 0 Å². The molecule has 0 spiro atoms. The van der Waals surface area contributed by atoms with Crippen molar-refractivity contribution < 1.29 is 13.2 Å². The minimum absolute atomic E-state index is 0.111. The maximum Gasteiger partial charge on any atom is 0.262 e. The molecule has 3 N–H and O–H groups in total. The largest absolute Gasteiger partial charge is 0.495 e. The number of nitrogens with two attached hydrogens (primary N) is 1. The van der Waals surface area contributed by atoms with E-state index in [1.165, 1.54) is 36.6 Å². The molecule has 7 heteroatoms. The Kier molecular flexibility index (Phi) is 3.44. The predicted octanol–water partition coefficient (Wildman–Crippen LogP) is 2.14. The van der Waals surface area contributed by atoms with Gasteiger partial charge in [-0.1, -0.05) is 0 Å². The van der Waals surface area contributed by atoms with E-state index < -0.39 is 10.0 Å². The van der Waals surface area contributed by atoms with Crippen LogP contribution in [-0.4, -0.2) is 15.5 Å². The second-order valence-corrected chi connectivity index (χ2v) is 5.98. The lowest BCUT2D eigenvalue weighted by Gasteiger charge is -2.09. The van der Waals surface area contributed by atoms with Crippen molar-refractivity contribution in [1.82, 2.24) is 0 Å². The summed E-state index contributed by atoms with van der Waals surface area (Å²) in [4.78, 5) is 0.111. The Labute approximate surface area is 109 Å². The molecule has 1 aromatic carbocycles. The number of thiophene rings is 1. The molecule has 0 radical (unpaired) electrons. The van der Waals surface area contributed by atoms with Gasteiger partial charge in [0.2, 0.25) is 0 Å². The fourth-order valence-corrected chi connectivity index (χ4v) is 3.12. The molecule has 2 aromatic rings. The Morgan fingerprint density at radius 1 is 1.33 bits per heavy atom. The topological polar surface area (TPSA) is 81.4 Å². The summed E-state index contributed by atoms with van der Waals surface area (Å²) in [6.07, 6.45) is 0. The van der Waals surface area contributed by atoms with Crippen LogP contribution >= 0.6 is 11.3 Å². The Balaban J connectivity index is 2.35. The summed E-state index contributed by atoms with van der Waals surface area (Å²) in [5, 5.41) is 3.51. The fraction of sp³-hybridized carbons (Fsp3) is 0.0909. The van der Waals surface area contributed by atoms with E-state index >= 15 is 0 Å². The van der Waals surface area contributed by atoms with Gasteiger partial charge in [-0.05, 0) is 23.6 Å². The zero-order chi connectivity index (χ0) is 13.2. The Bertz CT molecular complexity index is 636. The van der Waals surface area contributed by atoms with Crippen molar-refractivity contribution in [3.05, 3.63) is 35.0 Å². The zero-order valence-electron chi connectivity index (χ0n) is 9.58. The number of nitrogen functional groups attached to an aromatic ring is 1. The Hall–Kier alpha value is -1.73. The highest BCUT2D eigenvalue weighted by Crippen LogP contribution is 2.26. The maximum absolute atomic E-state index is 12.1. The third-order valence-corrected chi connectivity index (χ3v) is 4.35. The van der Waals surface area contributed by atoms with Crippen LogP contribution in [0, 0.1) is 0 Å². The first-order valence-corrected chi connectivity index (χ1v) is 7.44. The molecule has 5 nitrogen and oxygen atoms in total. The third-order valence-electron chi connectivity index (χ3n) is 2.29. The lowest BCUT2D eigenvalue weighted by molar-refractivity contribution is 0.415. The van der Waals surface area contributed by atoms with Gasteiger partial charge in [0.05, 0.1) is 23.4 Å². The first kappa shape index (κ1) is 12.7. The molecular formula is C11H12N2O3S2. The number of anilines is 2. The molecule has 1 aromatic heterocycles. The summed E-state index contributed by atoms with van der Waals surface area (Å²) in [6.45, 7) is 0. The van der Waals surface area contributed by atoms with Crippen molar-refractivity contribution in [3.63, 3.8) is 0 Å². The summed E-state index contributed by atoms with van der Waals surface area (Å²) in [6, 6.07) is 6.02. The van der Waals surface area contributed by atoms with Gasteiger partial charge in [0.25, 0.3) is 10.0 Å². The van der Waals surface area contributed by atoms with E-state index in [4.69, 9.17) is 10.5 Å². The van der Waals surface area contributed by atoms with Gasteiger partial charge < -0.3 is 10.5 Å². The van der Waals surface area contributed by atoms with Crippen LogP contribution in [0.5, 0.6) is 5.75 Å². The van der Waals surface area contributed by atoms with Crippen molar-refractivity contribution in [2.45, 2.75) is 4.90 Å². The van der Waals surface area contributed by atoms with E-state index in [9.17, 15) is 8.42 Å². The quantitative estimate of drug-likeness (QED) is 0.843. The average molecular weight is 284 g/mol. The Morgan fingerprint density at radius 3 is 2.72 bits per heavy atom. The highest BCUT2D eigenvalue weighted by Gasteiger charge is 2.16. The van der Waals surface area contributed by atoms with Crippen LogP contribution < -0.4 is 15.2 Å². The molecule has 0 unspecified atom stereocenters. The number of benzene rings is 1. The molecule has 96 valence electrons. The SMILES string of the molecule is COc1cc(S(=O)(=O)Nc2ccsc2)ccc1N. The molecule has 0 bridgehead atoms. The predicted molar refractivity (Wildman–Crippen MR) is 72.5 cm³/mol. The molecule has 18 heavy (non-hydrogen) atoms. The number of ether oxygens (including phenoxy) is 1. The van der Waals surface area contributed by atoms with Gasteiger partial charge in [-0.2, -0.15) is 11.3 Å². The normalized spacial score (nSPS) is 11.2. The van der Waals surface area contributed by atoms with Gasteiger partial charge in [0, 0.05) is 11.4 Å². The van der Waals surface area contributed by atoms with Crippen LogP contribution in [0.25, 0.3) is 0 Å². The molecule has 0 fully saturated rings. The molecule has 0 saturated heterocycles. The zero-order valence-corrected chi connectivity index (χ0v) is 11.2. The lowest BCUT2D eigenvalue weighted by atomic mass is 10.3. The van der Waals surface area contributed by atoms with E-state index in [1.807, 2.05) is 0 Å². The van der Waals surface area contributed by atoms with E-state index in [2.05, 4.69) is 4.72 Å². The molecule has 0 amide bonds. The van der Waals surface area contributed by atoms with Gasteiger partial charge in [-0.25, -0.2) is 8.42 Å². The van der Waals surface area contributed by atoms with Crippen molar-refractivity contribution in [2.24, 2.45) is 0 Å². The Morgan fingerprint density at radius 2 is 2.11 bits per heavy atom. The van der Waals surface area contributed by atoms with Crippen molar-refractivity contribution >= 4 is 32.7 Å². The smallest absolute Gasteiger partial charge is 0.262 e. The standard InChI is InChI=1S/C11H12N2O3S2/c1-16-11-6-9(2-3-10(11)12)18(14,15)13-8-4-5-17-7-8/h2-7,13H,12H2,1H3. The van der Waals surface area contributed by atoms with Crippen LogP contribution in [0.2, 0.25) is 0 Å². The van der Waals surface area contributed by atoms with Gasteiger partial charge in [0.1, 0.15) is 5.75 Å². The number of rotatable bonds is 4. The molecule has 0 aliphatic heterocycles. The van der Waals surface area contributed by atoms with Crippen molar-refractivity contribution in [2.75, 3.05) is 17.6 Å². The summed E-state index contributed by atoms with van der Waals surface area (Å²) >= 11 is 1.41. The monoisotopic (exact) mass is 284 g/mol. The average Bonchev–Trinajstić information content (AvgIpc) is 2.81. The third kappa shape index (κ3) is 2.57. The highest BCUT2D eigenvalue weighted by molar-refractivity contribution is 7.92. The van der Waals surface area contributed by atoms with Crippen molar-refractivity contribution in [1.29, 1.82) is 0 Å². The molecule has 0 aliphatic carbocycles. The molecule has 0 saturated carbocycles.